The number of nitrogens with one attached hydrogen (secondary N) is 1. The highest BCUT2D eigenvalue weighted by Crippen LogP contribution is 2.46. The fourth-order valence-corrected chi connectivity index (χ4v) is 5.65. The molecule has 1 N–H and O–H groups in total. The summed E-state index contributed by atoms with van der Waals surface area (Å²) >= 11 is 12.1. The highest BCUT2D eigenvalue weighted by atomic mass is 35.5. The van der Waals surface area contributed by atoms with Crippen LogP contribution < -0.4 is 9.64 Å². The molecule has 3 aromatic carbocycles. The molecule has 0 unspecified atom stereocenters. The molecule has 0 bridgehead atoms. The first-order chi connectivity index (χ1) is 16.1. The van der Waals surface area contributed by atoms with Crippen LogP contribution in [0.1, 0.15) is 22.9 Å². The predicted octanol–water partition coefficient (Wildman–Crippen LogP) is 5.48. The number of anilines is 1. The number of nitrogens with zero attached hydrogens (tertiary/aromatic N) is 2. The van der Waals surface area contributed by atoms with Crippen molar-refractivity contribution in [2.24, 2.45) is 0 Å². The quantitative estimate of drug-likeness (QED) is 0.400. The van der Waals surface area contributed by atoms with E-state index in [2.05, 4.69) is 22.0 Å². The Morgan fingerprint density at radius 2 is 1.76 bits per heavy atom. The zero-order chi connectivity index (χ0) is 22.7. The Morgan fingerprint density at radius 3 is 2.55 bits per heavy atom. The SMILES string of the molecule is COc1ccccc1N1C(=O)[C@@H]2Cc3c([nH]c4ccccc34)[C@@H](c3ccc(Cl)cc3)N2C1=S. The maximum absolute atomic E-state index is 13.8. The van der Waals surface area contributed by atoms with E-state index in [1.165, 1.54) is 0 Å². The van der Waals surface area contributed by atoms with Crippen molar-refractivity contribution in [1.29, 1.82) is 0 Å². The van der Waals surface area contributed by atoms with Gasteiger partial charge in [-0.05, 0) is 53.7 Å². The van der Waals surface area contributed by atoms with Gasteiger partial charge in [-0.2, -0.15) is 0 Å². The summed E-state index contributed by atoms with van der Waals surface area (Å²) < 4.78 is 5.54. The number of amides is 1. The Kier molecular flexibility index (Phi) is 4.67. The van der Waals surface area contributed by atoms with Crippen molar-refractivity contribution in [2.45, 2.75) is 18.5 Å². The van der Waals surface area contributed by atoms with Gasteiger partial charge in [-0.25, -0.2) is 0 Å². The number of hydrogen-bond donors (Lipinski definition) is 1. The molecule has 5 nitrogen and oxygen atoms in total. The molecule has 3 heterocycles. The van der Waals surface area contributed by atoms with Crippen molar-refractivity contribution >= 4 is 51.4 Å². The molecule has 6 rings (SSSR count). The third kappa shape index (κ3) is 2.98. The number of aromatic nitrogens is 1. The standard InChI is InChI=1S/C26H20ClN3O2S/c1-32-22-9-5-4-8-20(22)30-25(31)21-14-18-17-6-2-3-7-19(17)28-23(18)24(29(21)26(30)33)15-10-12-16(27)13-11-15/h2-13,21,24,28H,14H2,1H3/t21-,24+/m0/s1. The van der Waals surface area contributed by atoms with Gasteiger partial charge in [0.2, 0.25) is 0 Å². The molecule has 164 valence electrons. The minimum absolute atomic E-state index is 0.0422. The second-order valence-corrected chi connectivity index (χ2v) is 9.07. The van der Waals surface area contributed by atoms with Gasteiger partial charge >= 0.3 is 0 Å². The average Bonchev–Trinajstić information content (AvgIpc) is 3.33. The summed E-state index contributed by atoms with van der Waals surface area (Å²) in [6.45, 7) is 0. The molecule has 0 spiro atoms. The first-order valence-corrected chi connectivity index (χ1v) is 11.5. The Balaban J connectivity index is 1.55. The third-order valence-corrected chi connectivity index (χ3v) is 7.21. The first-order valence-electron chi connectivity index (χ1n) is 10.7. The number of fused-ring (bicyclic) bond motifs is 4. The van der Waals surface area contributed by atoms with E-state index >= 15 is 0 Å². The number of benzene rings is 3. The number of aromatic amines is 1. The molecular weight excluding hydrogens is 454 g/mol. The van der Waals surface area contributed by atoms with Crippen LogP contribution in [0.5, 0.6) is 5.75 Å². The number of rotatable bonds is 3. The van der Waals surface area contributed by atoms with E-state index < -0.39 is 6.04 Å². The number of H-pyrrole nitrogens is 1. The normalized spacial score (nSPS) is 19.7. The first kappa shape index (κ1) is 20.3. The highest BCUT2D eigenvalue weighted by molar-refractivity contribution is 7.80. The van der Waals surface area contributed by atoms with Crippen LogP contribution in [0.4, 0.5) is 5.69 Å². The van der Waals surface area contributed by atoms with Gasteiger partial charge in [0.15, 0.2) is 5.11 Å². The molecule has 0 radical (unpaired) electrons. The van der Waals surface area contributed by atoms with Crippen molar-refractivity contribution in [1.82, 2.24) is 9.88 Å². The molecular formula is C26H20ClN3O2S. The molecule has 2 atom stereocenters. The number of thiocarbonyl (C=S) groups is 1. The summed E-state index contributed by atoms with van der Waals surface area (Å²) in [4.78, 5) is 21.1. The smallest absolute Gasteiger partial charge is 0.256 e. The summed E-state index contributed by atoms with van der Waals surface area (Å²) in [6, 6.07) is 22.8. The Morgan fingerprint density at radius 1 is 1.03 bits per heavy atom. The molecule has 1 fully saturated rings. The molecule has 33 heavy (non-hydrogen) atoms. The van der Waals surface area contributed by atoms with E-state index in [4.69, 9.17) is 28.6 Å². The number of halogens is 1. The lowest BCUT2D eigenvalue weighted by Gasteiger charge is -2.37. The summed E-state index contributed by atoms with van der Waals surface area (Å²) in [5.74, 6) is 0.569. The van der Waals surface area contributed by atoms with E-state index in [1.807, 2.05) is 60.7 Å². The number of carbonyl (C=O) groups is 1. The number of hydrogen-bond acceptors (Lipinski definition) is 3. The second kappa shape index (κ2) is 7.61. The number of para-hydroxylation sites is 3. The van der Waals surface area contributed by atoms with Crippen molar-refractivity contribution in [3.05, 3.63) is 94.6 Å². The number of methoxy groups -OCH3 is 1. The van der Waals surface area contributed by atoms with Crippen molar-refractivity contribution in [2.75, 3.05) is 12.0 Å². The van der Waals surface area contributed by atoms with Crippen LogP contribution in [-0.4, -0.2) is 34.1 Å². The van der Waals surface area contributed by atoms with Crippen molar-refractivity contribution < 1.29 is 9.53 Å². The molecule has 2 aliphatic heterocycles. The topological polar surface area (TPSA) is 48.6 Å². The van der Waals surface area contributed by atoms with Crippen molar-refractivity contribution in [3.63, 3.8) is 0 Å². The minimum Gasteiger partial charge on any atom is -0.495 e. The largest absolute Gasteiger partial charge is 0.495 e. The lowest BCUT2D eigenvalue weighted by atomic mass is 9.89. The Hall–Kier alpha value is -3.35. The molecule has 1 saturated heterocycles. The van der Waals surface area contributed by atoms with Gasteiger partial charge in [0.25, 0.3) is 5.91 Å². The molecule has 4 aromatic rings. The van der Waals surface area contributed by atoms with Crippen LogP contribution in [0.25, 0.3) is 10.9 Å². The lowest BCUT2D eigenvalue weighted by molar-refractivity contribution is -0.120. The minimum atomic E-state index is -0.408. The molecule has 2 aliphatic rings. The van der Waals surface area contributed by atoms with E-state index in [0.717, 1.165) is 27.7 Å². The fourth-order valence-electron chi connectivity index (χ4n) is 5.10. The van der Waals surface area contributed by atoms with Gasteiger partial charge in [-0.3, -0.25) is 9.69 Å². The fraction of sp³-hybridized carbons (Fsp3) is 0.154. The lowest BCUT2D eigenvalue weighted by Crippen LogP contribution is -2.44. The zero-order valence-electron chi connectivity index (χ0n) is 17.8. The second-order valence-electron chi connectivity index (χ2n) is 8.27. The Labute approximate surface area is 201 Å². The van der Waals surface area contributed by atoms with Crippen LogP contribution in [0.2, 0.25) is 5.02 Å². The number of ether oxygens (including phenoxy) is 1. The van der Waals surface area contributed by atoms with Crippen LogP contribution >= 0.6 is 23.8 Å². The highest BCUT2D eigenvalue weighted by Gasteiger charge is 2.51. The van der Waals surface area contributed by atoms with Crippen molar-refractivity contribution in [3.8, 4) is 5.75 Å². The van der Waals surface area contributed by atoms with E-state index in [-0.39, 0.29) is 11.9 Å². The zero-order valence-corrected chi connectivity index (χ0v) is 19.4. The van der Waals surface area contributed by atoms with Crippen LogP contribution in [0.3, 0.4) is 0 Å². The van der Waals surface area contributed by atoms with Crippen LogP contribution in [0, 0.1) is 0 Å². The summed E-state index contributed by atoms with van der Waals surface area (Å²) in [7, 11) is 1.60. The maximum Gasteiger partial charge on any atom is 0.256 e. The van der Waals surface area contributed by atoms with Gasteiger partial charge in [0, 0.05) is 28.0 Å². The van der Waals surface area contributed by atoms with Gasteiger partial charge in [0.1, 0.15) is 11.8 Å². The molecule has 1 amide bonds. The predicted molar refractivity (Wildman–Crippen MR) is 134 cm³/mol. The molecule has 0 aliphatic carbocycles. The van der Waals surface area contributed by atoms with Gasteiger partial charge in [-0.1, -0.05) is 54.1 Å². The van der Waals surface area contributed by atoms with Gasteiger partial charge in [0.05, 0.1) is 18.8 Å². The summed E-state index contributed by atoms with van der Waals surface area (Å²) in [5.41, 5.74) is 4.96. The van der Waals surface area contributed by atoms with Crippen LogP contribution in [0.15, 0.2) is 72.8 Å². The molecule has 0 saturated carbocycles. The number of carbonyl (C=O) groups excluding carboxylic acids is 1. The summed E-state index contributed by atoms with van der Waals surface area (Å²) in [5, 5.41) is 2.28. The van der Waals surface area contributed by atoms with Crippen LogP contribution in [-0.2, 0) is 11.2 Å². The Bertz CT molecular complexity index is 1410. The third-order valence-electron chi connectivity index (χ3n) is 6.56. The van der Waals surface area contributed by atoms with Gasteiger partial charge in [-0.15, -0.1) is 0 Å². The average molecular weight is 474 g/mol. The molecule has 1 aromatic heterocycles. The van der Waals surface area contributed by atoms with E-state index in [0.29, 0.717) is 28.0 Å². The van der Waals surface area contributed by atoms with Gasteiger partial charge < -0.3 is 14.6 Å². The maximum atomic E-state index is 13.8. The van der Waals surface area contributed by atoms with E-state index in [9.17, 15) is 4.79 Å². The van der Waals surface area contributed by atoms with E-state index in [1.54, 1.807) is 12.0 Å². The molecule has 7 heteroatoms. The summed E-state index contributed by atoms with van der Waals surface area (Å²) in [6.07, 6.45) is 0.577. The monoisotopic (exact) mass is 473 g/mol.